The molecule has 0 aromatic heterocycles. The van der Waals surface area contributed by atoms with Crippen LogP contribution in [0.3, 0.4) is 0 Å². The first-order chi connectivity index (χ1) is 25.7. The molecular formula is C40H62O13S. The van der Waals surface area contributed by atoms with Crippen molar-refractivity contribution in [1.82, 2.24) is 0 Å². The summed E-state index contributed by atoms with van der Waals surface area (Å²) < 4.78 is 77.8. The predicted octanol–water partition coefficient (Wildman–Crippen LogP) is 4.90. The fourth-order valence-corrected chi connectivity index (χ4v) is 10.8. The number of Topliss-reactive ketones (excluding diaryl/α,β-unsaturated/α-hetero) is 1. The predicted molar refractivity (Wildman–Crippen MR) is 196 cm³/mol. The van der Waals surface area contributed by atoms with Gasteiger partial charge in [0.25, 0.3) is 10.1 Å². The highest BCUT2D eigenvalue weighted by atomic mass is 32.2. The summed E-state index contributed by atoms with van der Waals surface area (Å²) in [7, 11) is 1.28. The Labute approximate surface area is 321 Å². The van der Waals surface area contributed by atoms with Crippen LogP contribution in [0.25, 0.3) is 0 Å². The number of fused-ring (bicyclic) bond motifs is 5. The number of hydrogen-bond donors (Lipinski definition) is 0. The summed E-state index contributed by atoms with van der Waals surface area (Å²) in [6.45, 7) is 7.68. The minimum Gasteiger partial charge on any atom is -0.462 e. The Morgan fingerprint density at radius 2 is 1.56 bits per heavy atom. The zero-order valence-corrected chi connectivity index (χ0v) is 33.9. The molecule has 3 aliphatic carbocycles. The van der Waals surface area contributed by atoms with Gasteiger partial charge in [0, 0.05) is 39.6 Å². The highest BCUT2D eigenvalue weighted by Gasteiger charge is 2.52. The van der Waals surface area contributed by atoms with E-state index in [-0.39, 0.29) is 78.3 Å². The van der Waals surface area contributed by atoms with Crippen molar-refractivity contribution in [3.63, 3.8) is 0 Å². The normalized spacial score (nSPS) is 44.7. The highest BCUT2D eigenvalue weighted by molar-refractivity contribution is 7.86. The maximum atomic E-state index is 14.6. The molecule has 0 aromatic carbocycles. The molecule has 306 valence electrons. The number of carbonyl (C=O) groups excluding carboxylic acids is 2. The summed E-state index contributed by atoms with van der Waals surface area (Å²) in [5.74, 6) is -0.542. The first-order valence-corrected chi connectivity index (χ1v) is 21.8. The third-order valence-corrected chi connectivity index (χ3v) is 13.5. The largest absolute Gasteiger partial charge is 0.462 e. The van der Waals surface area contributed by atoms with Crippen molar-refractivity contribution in [2.45, 2.75) is 153 Å². The molecule has 13 nitrogen and oxygen atoms in total. The second-order valence-electron chi connectivity index (χ2n) is 16.3. The van der Waals surface area contributed by atoms with E-state index in [1.165, 1.54) is 0 Å². The number of rotatable bonds is 10. The Kier molecular flexibility index (Phi) is 13.8. The van der Waals surface area contributed by atoms with Crippen LogP contribution >= 0.6 is 0 Å². The van der Waals surface area contributed by atoms with Gasteiger partial charge in [-0.3, -0.25) is 13.8 Å². The zero-order chi connectivity index (χ0) is 38.9. The van der Waals surface area contributed by atoms with E-state index >= 15 is 0 Å². The third-order valence-electron chi connectivity index (χ3n) is 12.9. The molecule has 3 heterocycles. The quantitative estimate of drug-likeness (QED) is 0.168. The van der Waals surface area contributed by atoms with Crippen molar-refractivity contribution in [3.05, 3.63) is 23.8 Å². The van der Waals surface area contributed by atoms with Gasteiger partial charge in [-0.2, -0.15) is 8.42 Å². The van der Waals surface area contributed by atoms with Gasteiger partial charge in [-0.1, -0.05) is 32.1 Å². The van der Waals surface area contributed by atoms with Crippen molar-refractivity contribution in [2.75, 3.05) is 27.6 Å². The molecule has 0 unspecified atom stereocenters. The van der Waals surface area contributed by atoms with Crippen LogP contribution in [-0.4, -0.2) is 115 Å². The molecule has 3 saturated heterocycles. The number of methoxy groups -OCH3 is 3. The highest BCUT2D eigenvalue weighted by Crippen LogP contribution is 2.54. The van der Waals surface area contributed by atoms with Crippen molar-refractivity contribution >= 4 is 21.9 Å². The second-order valence-corrected chi connectivity index (χ2v) is 17.9. The van der Waals surface area contributed by atoms with Crippen molar-refractivity contribution in [2.24, 2.45) is 35.5 Å². The number of ketones is 1. The maximum absolute atomic E-state index is 14.6. The minimum absolute atomic E-state index is 0.0106. The van der Waals surface area contributed by atoms with Crippen LogP contribution < -0.4 is 0 Å². The molecule has 1 saturated carbocycles. The van der Waals surface area contributed by atoms with Gasteiger partial charge in [-0.05, 0) is 88.0 Å². The molecule has 0 N–H and O–H groups in total. The van der Waals surface area contributed by atoms with Gasteiger partial charge in [0.15, 0.2) is 18.4 Å². The molecule has 17 atom stereocenters. The lowest BCUT2D eigenvalue weighted by molar-refractivity contribution is -0.314. The summed E-state index contributed by atoms with van der Waals surface area (Å²) in [4.78, 5) is 28.1. The Morgan fingerprint density at radius 1 is 0.815 bits per heavy atom. The molecule has 14 heteroatoms. The molecule has 0 amide bonds. The van der Waals surface area contributed by atoms with Crippen LogP contribution in [0.2, 0.25) is 0 Å². The second kappa shape index (κ2) is 17.8. The van der Waals surface area contributed by atoms with Gasteiger partial charge in [-0.25, -0.2) is 0 Å². The van der Waals surface area contributed by atoms with Crippen LogP contribution in [-0.2, 0) is 61.8 Å². The van der Waals surface area contributed by atoms with Gasteiger partial charge in [0.1, 0.15) is 30.5 Å². The monoisotopic (exact) mass is 782 g/mol. The Bertz CT molecular complexity index is 1480. The van der Waals surface area contributed by atoms with Gasteiger partial charge >= 0.3 is 5.97 Å². The summed E-state index contributed by atoms with van der Waals surface area (Å²) in [5.41, 5.74) is 0.684. The number of esters is 1. The average molecular weight is 783 g/mol. The van der Waals surface area contributed by atoms with E-state index in [1.54, 1.807) is 28.3 Å². The summed E-state index contributed by atoms with van der Waals surface area (Å²) in [6, 6.07) is 0. The molecule has 0 aromatic rings. The van der Waals surface area contributed by atoms with E-state index in [0.717, 1.165) is 19.1 Å². The number of hydrogen-bond acceptors (Lipinski definition) is 13. The number of cyclic esters (lactones) is 1. The number of allylic oxidation sites excluding steroid dienone is 4. The first kappa shape index (κ1) is 41.9. The maximum Gasteiger partial charge on any atom is 0.306 e. The zero-order valence-electron chi connectivity index (χ0n) is 33.1. The van der Waals surface area contributed by atoms with Gasteiger partial charge in [-0.15, -0.1) is 0 Å². The Hall–Kier alpha value is -1.75. The minimum atomic E-state index is -3.64. The topological polar surface area (TPSA) is 151 Å². The summed E-state index contributed by atoms with van der Waals surface area (Å²) in [5, 5.41) is 0. The van der Waals surface area contributed by atoms with E-state index in [9.17, 15) is 18.0 Å². The first-order valence-electron chi connectivity index (χ1n) is 20.0. The lowest BCUT2D eigenvalue weighted by Gasteiger charge is -2.44. The Morgan fingerprint density at radius 3 is 2.22 bits per heavy atom. The van der Waals surface area contributed by atoms with Gasteiger partial charge < -0.3 is 37.9 Å². The third kappa shape index (κ3) is 9.18. The van der Waals surface area contributed by atoms with E-state index in [0.29, 0.717) is 44.1 Å². The van der Waals surface area contributed by atoms with Crippen LogP contribution in [0.5, 0.6) is 0 Å². The number of carbonyl (C=O) groups is 2. The van der Waals surface area contributed by atoms with E-state index < -0.39 is 53.0 Å². The average Bonchev–Trinajstić information content (AvgIpc) is 3.70. The van der Waals surface area contributed by atoms with Crippen molar-refractivity contribution < 1.29 is 60.1 Å². The molecule has 3 aliphatic heterocycles. The molecule has 0 bridgehead atoms. The molecule has 54 heavy (non-hydrogen) atoms. The lowest BCUT2D eigenvalue weighted by atomic mass is 9.70. The fourth-order valence-electron chi connectivity index (χ4n) is 10.1. The van der Waals surface area contributed by atoms with Crippen molar-refractivity contribution in [1.29, 1.82) is 0 Å². The van der Waals surface area contributed by atoms with E-state index in [2.05, 4.69) is 18.2 Å². The van der Waals surface area contributed by atoms with Crippen LogP contribution in [0.4, 0.5) is 0 Å². The molecular weight excluding hydrogens is 720 g/mol. The van der Waals surface area contributed by atoms with E-state index in [1.807, 2.05) is 20.8 Å². The molecule has 0 radical (unpaired) electrons. The van der Waals surface area contributed by atoms with Crippen LogP contribution in [0.15, 0.2) is 23.8 Å². The number of ether oxygens (including phenoxy) is 8. The SMILES string of the molecule is CC[C@H]1CCC[C@@H](O[C@H]2CC[C@H](OS(C)(=O)=O)[C@@H](C)O2)[C@@H](C)C(=O)C2=C[C@@H]3[C@@H](C=C[C@@H]4C[C@@H](O[C@@H]5O[C@@H](C)[C@H](OC)[C@@H](OC)[C@H]5OC)C[C@@H]34)[C@@H]2CC(=O)O1. The van der Waals surface area contributed by atoms with E-state index in [4.69, 9.17) is 42.1 Å². The smallest absolute Gasteiger partial charge is 0.306 e. The van der Waals surface area contributed by atoms with Crippen molar-refractivity contribution in [3.8, 4) is 0 Å². The standard InChI is InChI=1S/C40H62O13S/c1-9-25-11-10-12-32(52-35-16-15-33(22(3)48-35)53-54(8,43)44)21(2)36(42)31-19-29-27(30(31)20-34(41)50-25)14-13-24-17-26(18-28(24)29)51-40-39(47-7)38(46-6)37(45-5)23(4)49-40/h13-14,19,21-30,32-33,35,37-40H,9-12,15-18,20H2,1-8H3/t21-,22-,23+,24-,25+,26-,27-,28-,29-,30+,32-,33+,35+,37+,38-,39-,40+/m1/s1. The molecule has 4 fully saturated rings. The molecule has 6 aliphatic rings. The Balaban J connectivity index is 1.20. The van der Waals surface area contributed by atoms with Gasteiger partial charge in [0.2, 0.25) is 0 Å². The summed E-state index contributed by atoms with van der Waals surface area (Å²) >= 11 is 0. The summed E-state index contributed by atoms with van der Waals surface area (Å²) in [6.07, 6.45) is 8.53. The lowest BCUT2D eigenvalue weighted by Crippen LogP contribution is -2.59. The molecule has 0 spiro atoms. The van der Waals surface area contributed by atoms with Gasteiger partial charge in [0.05, 0.1) is 37.1 Å². The van der Waals surface area contributed by atoms with Crippen LogP contribution in [0.1, 0.15) is 85.5 Å². The fraction of sp³-hybridized carbons (Fsp3) is 0.850. The van der Waals surface area contributed by atoms with Crippen LogP contribution in [0, 0.1) is 35.5 Å². The molecule has 6 rings (SSSR count).